The first kappa shape index (κ1) is 10.1. The van der Waals surface area contributed by atoms with E-state index in [4.69, 9.17) is 4.55 Å². The summed E-state index contributed by atoms with van der Waals surface area (Å²) in [5.41, 5.74) is 0.377. The molecule has 4 heteroatoms. The fourth-order valence-electron chi connectivity index (χ4n) is 0.570. The van der Waals surface area contributed by atoms with Crippen LogP contribution in [0.5, 0.6) is 0 Å². The molecule has 0 heterocycles. The van der Waals surface area contributed by atoms with Crippen LogP contribution in [0.4, 0.5) is 0 Å². The lowest BCUT2D eigenvalue weighted by Crippen LogP contribution is -2.00. The van der Waals surface area contributed by atoms with Gasteiger partial charge in [0.25, 0.3) is 10.1 Å². The second-order valence-electron chi connectivity index (χ2n) is 1.93. The monoisotopic (exact) mass is 174 g/mol. The largest absolute Gasteiger partial charge is 0.294 e. The first-order valence-electron chi connectivity index (χ1n) is 2.86. The van der Waals surface area contributed by atoms with E-state index in [1.54, 1.807) is 0 Å². The van der Waals surface area contributed by atoms with E-state index in [2.05, 4.69) is 13.2 Å². The maximum atomic E-state index is 10.5. The van der Waals surface area contributed by atoms with Gasteiger partial charge in [-0.15, -0.1) is 0 Å². The highest BCUT2D eigenvalue weighted by molar-refractivity contribution is 7.90. The van der Waals surface area contributed by atoms with Crippen molar-refractivity contribution in [1.82, 2.24) is 0 Å². The molecule has 0 aliphatic carbocycles. The summed E-state index contributed by atoms with van der Waals surface area (Å²) < 4.78 is 29.7. The molecule has 0 fully saturated rings. The summed E-state index contributed by atoms with van der Waals surface area (Å²) >= 11 is 0. The Balaban J connectivity index is 5.32. The molecule has 0 saturated heterocycles. The Hall–Kier alpha value is -0.870. The van der Waals surface area contributed by atoms with Crippen LogP contribution in [0, 0.1) is 0 Å². The molecule has 11 heavy (non-hydrogen) atoms. The van der Waals surface area contributed by atoms with Gasteiger partial charge in [0.05, 0.1) is 4.91 Å². The summed E-state index contributed by atoms with van der Waals surface area (Å²) in [7, 11) is -4.14. The van der Waals surface area contributed by atoms with E-state index in [9.17, 15) is 8.42 Å². The van der Waals surface area contributed by atoms with Crippen LogP contribution in [-0.2, 0) is 10.1 Å². The minimum Gasteiger partial charge on any atom is -0.282 e. The van der Waals surface area contributed by atoms with Crippen molar-refractivity contribution in [3.63, 3.8) is 0 Å². The van der Waals surface area contributed by atoms with Gasteiger partial charge < -0.3 is 0 Å². The Morgan fingerprint density at radius 1 is 1.36 bits per heavy atom. The van der Waals surface area contributed by atoms with E-state index in [-0.39, 0.29) is 4.91 Å². The maximum Gasteiger partial charge on any atom is 0.294 e. The summed E-state index contributed by atoms with van der Waals surface area (Å²) in [6.07, 6.45) is 2.41. The van der Waals surface area contributed by atoms with Gasteiger partial charge in [0.2, 0.25) is 0 Å². The summed E-state index contributed by atoms with van der Waals surface area (Å²) in [5.74, 6) is 0. The minimum atomic E-state index is -4.14. The van der Waals surface area contributed by atoms with Crippen LogP contribution in [-0.4, -0.2) is 13.0 Å². The van der Waals surface area contributed by atoms with Crippen molar-refractivity contribution in [1.29, 1.82) is 0 Å². The van der Waals surface area contributed by atoms with E-state index in [1.807, 2.05) is 0 Å². The molecule has 0 aliphatic rings. The smallest absolute Gasteiger partial charge is 0.282 e. The predicted molar refractivity (Wildman–Crippen MR) is 44.6 cm³/mol. The van der Waals surface area contributed by atoms with E-state index in [1.165, 1.54) is 13.0 Å². The lowest BCUT2D eigenvalue weighted by Gasteiger charge is -1.98. The first-order valence-corrected chi connectivity index (χ1v) is 4.30. The Morgan fingerprint density at radius 2 is 1.82 bits per heavy atom. The highest BCUT2D eigenvalue weighted by atomic mass is 32.2. The zero-order valence-electron chi connectivity index (χ0n) is 6.24. The van der Waals surface area contributed by atoms with Gasteiger partial charge in [-0.05, 0) is 18.6 Å². The van der Waals surface area contributed by atoms with Crippen LogP contribution in [0.2, 0.25) is 0 Å². The van der Waals surface area contributed by atoms with Gasteiger partial charge in [-0.1, -0.05) is 19.2 Å². The van der Waals surface area contributed by atoms with Gasteiger partial charge in [0.15, 0.2) is 0 Å². The highest BCUT2D eigenvalue weighted by Crippen LogP contribution is 2.11. The molecule has 0 bridgehead atoms. The van der Waals surface area contributed by atoms with Crippen molar-refractivity contribution in [2.45, 2.75) is 6.92 Å². The molecule has 0 aromatic carbocycles. The molecular weight excluding hydrogens is 164 g/mol. The number of allylic oxidation sites excluding steroid dienone is 3. The Kier molecular flexibility index (Phi) is 3.22. The normalized spacial score (nSPS) is 13.6. The molecule has 0 rings (SSSR count). The number of rotatable bonds is 3. The molecule has 0 aliphatic heterocycles. The van der Waals surface area contributed by atoms with Crippen LogP contribution in [0.1, 0.15) is 6.92 Å². The molecule has 0 atom stereocenters. The van der Waals surface area contributed by atoms with Crippen LogP contribution < -0.4 is 0 Å². The third-order valence-electron chi connectivity index (χ3n) is 1.16. The van der Waals surface area contributed by atoms with Crippen molar-refractivity contribution >= 4 is 10.1 Å². The lowest BCUT2D eigenvalue weighted by atomic mass is 10.3. The minimum absolute atomic E-state index is 0.201. The Morgan fingerprint density at radius 3 is 1.91 bits per heavy atom. The summed E-state index contributed by atoms with van der Waals surface area (Å²) in [5, 5.41) is 0. The zero-order chi connectivity index (χ0) is 9.07. The Bertz CT molecular complexity index is 296. The fourth-order valence-corrected chi connectivity index (χ4v) is 1.27. The quantitative estimate of drug-likeness (QED) is 0.521. The van der Waals surface area contributed by atoms with Gasteiger partial charge in [-0.3, -0.25) is 4.55 Å². The van der Waals surface area contributed by atoms with Crippen LogP contribution in [0.3, 0.4) is 0 Å². The SMILES string of the molecule is C=C/C(C)=C(\C=C)S(=O)(=O)O. The molecule has 0 unspecified atom stereocenters. The third-order valence-corrected chi connectivity index (χ3v) is 2.20. The van der Waals surface area contributed by atoms with Crippen LogP contribution >= 0.6 is 0 Å². The average Bonchev–Trinajstić information content (AvgIpc) is 1.86. The zero-order valence-corrected chi connectivity index (χ0v) is 7.06. The molecule has 1 N–H and O–H groups in total. The van der Waals surface area contributed by atoms with Crippen LogP contribution in [0.15, 0.2) is 35.8 Å². The van der Waals surface area contributed by atoms with Gasteiger partial charge >= 0.3 is 0 Å². The predicted octanol–water partition coefficient (Wildman–Crippen LogP) is 1.52. The molecule has 0 aromatic heterocycles. The lowest BCUT2D eigenvalue weighted by molar-refractivity contribution is 0.492. The van der Waals surface area contributed by atoms with E-state index in [0.29, 0.717) is 5.57 Å². The molecule has 62 valence electrons. The molecule has 0 aromatic rings. The number of hydrogen-bond donors (Lipinski definition) is 1. The molecule has 0 amide bonds. The molecule has 0 spiro atoms. The van der Waals surface area contributed by atoms with E-state index >= 15 is 0 Å². The Labute approximate surface area is 66.5 Å². The molecule has 0 saturated carbocycles. The number of hydrogen-bond acceptors (Lipinski definition) is 2. The summed E-state index contributed by atoms with van der Waals surface area (Å²) in [6, 6.07) is 0. The third kappa shape index (κ3) is 2.69. The topological polar surface area (TPSA) is 54.4 Å². The summed E-state index contributed by atoms with van der Waals surface area (Å²) in [4.78, 5) is -0.201. The van der Waals surface area contributed by atoms with Gasteiger partial charge in [-0.25, -0.2) is 0 Å². The van der Waals surface area contributed by atoms with Gasteiger partial charge in [0, 0.05) is 0 Å². The standard InChI is InChI=1S/C7H10O3S/c1-4-6(3)7(5-2)11(8,9)10/h4-5H,1-2H2,3H3,(H,8,9,10)/b7-6+. The second-order valence-corrected chi connectivity index (χ2v) is 3.32. The van der Waals surface area contributed by atoms with E-state index in [0.717, 1.165) is 6.08 Å². The maximum absolute atomic E-state index is 10.5. The second kappa shape index (κ2) is 3.50. The van der Waals surface area contributed by atoms with Crippen molar-refractivity contribution in [2.24, 2.45) is 0 Å². The highest BCUT2D eigenvalue weighted by Gasteiger charge is 2.11. The summed E-state index contributed by atoms with van der Waals surface area (Å²) in [6.45, 7) is 8.14. The van der Waals surface area contributed by atoms with Gasteiger partial charge in [-0.2, -0.15) is 8.42 Å². The van der Waals surface area contributed by atoms with Crippen molar-refractivity contribution in [3.8, 4) is 0 Å². The van der Waals surface area contributed by atoms with E-state index < -0.39 is 10.1 Å². The molecule has 3 nitrogen and oxygen atoms in total. The molecular formula is C7H10O3S. The average molecular weight is 174 g/mol. The fraction of sp³-hybridized carbons (Fsp3) is 0.143. The first-order chi connectivity index (χ1) is 4.93. The van der Waals surface area contributed by atoms with Gasteiger partial charge in [0.1, 0.15) is 0 Å². The van der Waals surface area contributed by atoms with Crippen molar-refractivity contribution < 1.29 is 13.0 Å². The van der Waals surface area contributed by atoms with Crippen molar-refractivity contribution in [2.75, 3.05) is 0 Å². The van der Waals surface area contributed by atoms with Crippen molar-refractivity contribution in [3.05, 3.63) is 35.8 Å². The molecule has 0 radical (unpaired) electrons. The van der Waals surface area contributed by atoms with Crippen LogP contribution in [0.25, 0.3) is 0 Å².